The van der Waals surface area contributed by atoms with Gasteiger partial charge in [-0.05, 0) is 19.3 Å². The average Bonchev–Trinajstić information content (AvgIpc) is 2.84. The second-order valence-electron chi connectivity index (χ2n) is 10.0. The van der Waals surface area contributed by atoms with E-state index in [0.29, 0.717) is 6.42 Å². The first kappa shape index (κ1) is 30.5. The summed E-state index contributed by atoms with van der Waals surface area (Å²) >= 11 is 0. The Morgan fingerprint density at radius 2 is 1.43 bits per heavy atom. The van der Waals surface area contributed by atoms with Gasteiger partial charge in [0, 0.05) is 25.0 Å². The molecule has 2 aliphatic heterocycles. The molecule has 2 saturated heterocycles. The fourth-order valence-electron chi connectivity index (χ4n) is 4.87. The Morgan fingerprint density at radius 3 is 2.03 bits per heavy atom. The van der Waals surface area contributed by atoms with Crippen molar-refractivity contribution in [1.82, 2.24) is 0 Å². The Morgan fingerprint density at radius 1 is 0.838 bits per heavy atom. The molecule has 0 aromatic heterocycles. The third kappa shape index (κ3) is 7.13. The Bertz CT molecular complexity index is 740. The SMILES string of the molecule is CCCC(=O)OC[C@H]1O[C@@H](O[C@@H]2[C@H](O)[C@H](O[C@H]3O[C@H](CN)[C@@H](O)C[C@H]3N)[C@@H](N)C[C@H]2N)[C@H](O)[C@@H](N)[C@@H]1O. The monoisotopic (exact) mass is 537 g/mol. The molecule has 14 N–H and O–H groups in total. The molecule has 0 spiro atoms. The first-order chi connectivity index (χ1) is 17.5. The molecule has 0 unspecified atom stereocenters. The molecule has 0 radical (unpaired) electrons. The van der Waals surface area contributed by atoms with Gasteiger partial charge in [0.15, 0.2) is 12.6 Å². The Hall–Kier alpha value is -1.05. The maximum absolute atomic E-state index is 11.7. The van der Waals surface area contributed by atoms with Crippen molar-refractivity contribution >= 4 is 5.97 Å². The van der Waals surface area contributed by atoms with Gasteiger partial charge in [0.2, 0.25) is 0 Å². The molecule has 1 saturated carbocycles. The molecule has 37 heavy (non-hydrogen) atoms. The molecule has 0 bridgehead atoms. The number of aliphatic hydroxyl groups excluding tert-OH is 4. The summed E-state index contributed by atoms with van der Waals surface area (Å²) in [4.78, 5) is 11.7. The van der Waals surface area contributed by atoms with Crippen molar-refractivity contribution in [3.8, 4) is 0 Å². The highest BCUT2D eigenvalue weighted by atomic mass is 16.7. The largest absolute Gasteiger partial charge is 0.463 e. The lowest BCUT2D eigenvalue weighted by atomic mass is 9.84. The number of carbonyl (C=O) groups is 1. The van der Waals surface area contributed by atoms with Gasteiger partial charge in [-0.1, -0.05) is 6.92 Å². The Kier molecular flexibility index (Phi) is 11.0. The molecule has 0 aromatic rings. The minimum atomic E-state index is -1.48. The fourth-order valence-corrected chi connectivity index (χ4v) is 4.87. The van der Waals surface area contributed by atoms with E-state index in [1.165, 1.54) is 0 Å². The van der Waals surface area contributed by atoms with Crippen LogP contribution in [0.5, 0.6) is 0 Å². The molecule has 216 valence electrons. The van der Waals surface area contributed by atoms with E-state index in [2.05, 4.69) is 0 Å². The van der Waals surface area contributed by atoms with Crippen molar-refractivity contribution in [1.29, 1.82) is 0 Å². The quantitative estimate of drug-likeness (QED) is 0.125. The van der Waals surface area contributed by atoms with Crippen LogP contribution in [0.4, 0.5) is 0 Å². The predicted molar refractivity (Wildman–Crippen MR) is 127 cm³/mol. The second-order valence-corrected chi connectivity index (χ2v) is 10.0. The van der Waals surface area contributed by atoms with Crippen molar-refractivity contribution in [2.45, 2.75) is 118 Å². The van der Waals surface area contributed by atoms with Crippen LogP contribution in [0.25, 0.3) is 0 Å². The van der Waals surface area contributed by atoms with Gasteiger partial charge in [-0.3, -0.25) is 4.79 Å². The van der Waals surface area contributed by atoms with E-state index >= 15 is 0 Å². The van der Waals surface area contributed by atoms with Gasteiger partial charge < -0.3 is 72.8 Å². The topological polar surface area (TPSA) is 274 Å². The van der Waals surface area contributed by atoms with Crippen LogP contribution in [0, 0.1) is 0 Å². The Labute approximate surface area is 215 Å². The summed E-state index contributed by atoms with van der Waals surface area (Å²) in [5.41, 5.74) is 30.1. The average molecular weight is 538 g/mol. The van der Waals surface area contributed by atoms with E-state index < -0.39 is 91.5 Å². The van der Waals surface area contributed by atoms with E-state index in [4.69, 9.17) is 52.4 Å². The van der Waals surface area contributed by atoms with Crippen LogP contribution in [-0.2, 0) is 28.5 Å². The van der Waals surface area contributed by atoms with Crippen molar-refractivity contribution in [3.05, 3.63) is 0 Å². The Balaban J connectivity index is 1.68. The molecular weight excluding hydrogens is 494 g/mol. The summed E-state index contributed by atoms with van der Waals surface area (Å²) in [6.45, 7) is 1.56. The molecule has 3 aliphatic rings. The summed E-state index contributed by atoms with van der Waals surface area (Å²) in [5, 5.41) is 42.2. The molecule has 1 aliphatic carbocycles. The van der Waals surface area contributed by atoms with Crippen LogP contribution in [0.15, 0.2) is 0 Å². The summed E-state index contributed by atoms with van der Waals surface area (Å²) in [6, 6.07) is -3.38. The predicted octanol–water partition coefficient (Wildman–Crippen LogP) is -4.94. The number of hydrogen-bond acceptors (Lipinski definition) is 15. The summed E-state index contributed by atoms with van der Waals surface area (Å²) < 4.78 is 28.3. The lowest BCUT2D eigenvalue weighted by Crippen LogP contribution is -2.68. The molecule has 14 atom stereocenters. The molecule has 2 heterocycles. The van der Waals surface area contributed by atoms with E-state index in [1.54, 1.807) is 0 Å². The number of carbonyl (C=O) groups excluding carboxylic acids is 1. The first-order valence-corrected chi connectivity index (χ1v) is 12.7. The van der Waals surface area contributed by atoms with Crippen LogP contribution in [0.2, 0.25) is 0 Å². The molecule has 15 nitrogen and oxygen atoms in total. The van der Waals surface area contributed by atoms with Crippen molar-refractivity contribution < 1.29 is 48.9 Å². The van der Waals surface area contributed by atoms with Crippen LogP contribution >= 0.6 is 0 Å². The van der Waals surface area contributed by atoms with Crippen LogP contribution < -0.4 is 28.7 Å². The molecule has 0 aromatic carbocycles. The normalized spacial score (nSPS) is 47.0. The molecule has 3 fully saturated rings. The highest BCUT2D eigenvalue weighted by molar-refractivity contribution is 5.69. The maximum Gasteiger partial charge on any atom is 0.305 e. The van der Waals surface area contributed by atoms with Gasteiger partial charge in [0.05, 0.1) is 24.3 Å². The van der Waals surface area contributed by atoms with Crippen molar-refractivity contribution in [2.75, 3.05) is 13.2 Å². The highest BCUT2D eigenvalue weighted by Crippen LogP contribution is 2.31. The molecular formula is C22H43N5O10. The number of hydrogen-bond donors (Lipinski definition) is 9. The van der Waals surface area contributed by atoms with Gasteiger partial charge in [0.1, 0.15) is 43.2 Å². The zero-order valence-electron chi connectivity index (χ0n) is 21.0. The lowest BCUT2D eigenvalue weighted by molar-refractivity contribution is -0.315. The fraction of sp³-hybridized carbons (Fsp3) is 0.955. The zero-order valence-corrected chi connectivity index (χ0v) is 21.0. The van der Waals surface area contributed by atoms with Crippen molar-refractivity contribution in [2.24, 2.45) is 28.7 Å². The van der Waals surface area contributed by atoms with E-state index in [0.717, 1.165) is 0 Å². The third-order valence-corrected chi connectivity index (χ3v) is 7.10. The zero-order chi connectivity index (χ0) is 27.4. The van der Waals surface area contributed by atoms with Crippen LogP contribution in [-0.4, -0.2) is 125 Å². The van der Waals surface area contributed by atoms with Gasteiger partial charge in [0.25, 0.3) is 0 Å². The molecule has 3 rings (SSSR count). The standard InChI is InChI=1S/C22H43N5O10/c1-2-3-14(29)33-7-13-16(30)15(27)17(31)22(35-13)37-20-9(25)4-8(24)19(18(20)32)36-21-10(26)5-11(28)12(6-23)34-21/h8-13,15-22,28,30-32H,2-7,23-27H2,1H3/t8-,9+,10+,11-,12+,13+,15-,16+,17+,18+,19+,20-,21+,22-/m0/s1. The third-order valence-electron chi connectivity index (χ3n) is 7.10. The van der Waals surface area contributed by atoms with Crippen LogP contribution in [0.1, 0.15) is 32.6 Å². The molecule has 0 amide bonds. The lowest BCUT2D eigenvalue weighted by Gasteiger charge is -2.47. The first-order valence-electron chi connectivity index (χ1n) is 12.7. The van der Waals surface area contributed by atoms with E-state index in [-0.39, 0.29) is 32.4 Å². The highest BCUT2D eigenvalue weighted by Gasteiger charge is 2.50. The van der Waals surface area contributed by atoms with E-state index in [1.807, 2.05) is 6.92 Å². The number of ether oxygens (including phenoxy) is 5. The van der Waals surface area contributed by atoms with Gasteiger partial charge >= 0.3 is 5.97 Å². The summed E-state index contributed by atoms with van der Waals surface area (Å²) in [6.07, 6.45) is -10.3. The second kappa shape index (κ2) is 13.3. The molecule has 15 heteroatoms. The van der Waals surface area contributed by atoms with Gasteiger partial charge in [-0.2, -0.15) is 0 Å². The van der Waals surface area contributed by atoms with Crippen LogP contribution in [0.3, 0.4) is 0 Å². The van der Waals surface area contributed by atoms with Gasteiger partial charge in [-0.15, -0.1) is 0 Å². The number of rotatable bonds is 9. The number of esters is 1. The number of nitrogens with two attached hydrogens (primary N) is 5. The summed E-state index contributed by atoms with van der Waals surface area (Å²) in [5.74, 6) is -0.471. The smallest absolute Gasteiger partial charge is 0.305 e. The summed E-state index contributed by atoms with van der Waals surface area (Å²) in [7, 11) is 0. The minimum Gasteiger partial charge on any atom is -0.463 e. The minimum absolute atomic E-state index is 0.0432. The number of aliphatic hydroxyl groups is 4. The van der Waals surface area contributed by atoms with Crippen molar-refractivity contribution in [3.63, 3.8) is 0 Å². The van der Waals surface area contributed by atoms with E-state index in [9.17, 15) is 25.2 Å². The maximum atomic E-state index is 11.7. The van der Waals surface area contributed by atoms with Gasteiger partial charge in [-0.25, -0.2) is 0 Å².